The van der Waals surface area contributed by atoms with E-state index in [0.717, 1.165) is 40.2 Å². The highest BCUT2D eigenvalue weighted by molar-refractivity contribution is 9.10. The van der Waals surface area contributed by atoms with Gasteiger partial charge in [-0.1, -0.05) is 12.8 Å². The molecule has 0 unspecified atom stereocenters. The van der Waals surface area contributed by atoms with E-state index in [0.29, 0.717) is 5.82 Å². The molecule has 0 radical (unpaired) electrons. The number of aromatic nitrogens is 2. The number of nitrogens with one attached hydrogen (secondary N) is 1. The maximum atomic E-state index is 12.9. The molecule has 0 saturated heterocycles. The first-order valence-corrected chi connectivity index (χ1v) is 8.73. The number of amides is 1. The predicted octanol–water partition coefficient (Wildman–Crippen LogP) is 4.45. The largest absolute Gasteiger partial charge is 0.310 e. The molecule has 2 aromatic heterocycles. The molecular formula is C16H15Br2N3O. The number of anilines is 1. The monoisotopic (exact) mass is 423 g/mol. The van der Waals surface area contributed by atoms with Crippen LogP contribution in [0.5, 0.6) is 0 Å². The normalized spacial score (nSPS) is 16.5. The Labute approximate surface area is 146 Å². The second kappa shape index (κ2) is 6.46. The maximum Gasteiger partial charge on any atom is 0.236 e. The van der Waals surface area contributed by atoms with Crippen molar-refractivity contribution in [3.63, 3.8) is 0 Å². The number of hydrogen-bond acceptors (Lipinski definition) is 3. The van der Waals surface area contributed by atoms with Gasteiger partial charge in [-0.2, -0.15) is 0 Å². The number of rotatable bonds is 3. The Morgan fingerprint density at radius 3 is 2.50 bits per heavy atom. The maximum absolute atomic E-state index is 12.9. The van der Waals surface area contributed by atoms with Crippen LogP contribution in [0.25, 0.3) is 0 Å². The second-order valence-corrected chi connectivity index (χ2v) is 7.33. The van der Waals surface area contributed by atoms with Gasteiger partial charge in [-0.3, -0.25) is 9.78 Å². The van der Waals surface area contributed by atoms with Gasteiger partial charge in [-0.15, -0.1) is 0 Å². The summed E-state index contributed by atoms with van der Waals surface area (Å²) in [6, 6.07) is 5.65. The van der Waals surface area contributed by atoms with E-state index >= 15 is 0 Å². The van der Waals surface area contributed by atoms with Crippen molar-refractivity contribution in [2.75, 3.05) is 5.32 Å². The Morgan fingerprint density at radius 2 is 1.86 bits per heavy atom. The molecule has 0 atom stereocenters. The highest BCUT2D eigenvalue weighted by atomic mass is 79.9. The van der Waals surface area contributed by atoms with Crippen LogP contribution in [0.2, 0.25) is 0 Å². The molecule has 0 aromatic carbocycles. The van der Waals surface area contributed by atoms with Gasteiger partial charge in [0, 0.05) is 27.5 Å². The van der Waals surface area contributed by atoms with Crippen LogP contribution in [-0.4, -0.2) is 15.9 Å². The van der Waals surface area contributed by atoms with E-state index in [-0.39, 0.29) is 5.91 Å². The molecular weight excluding hydrogens is 410 g/mol. The SMILES string of the molecule is O=C(Nc1ccc(Br)cn1)C1(c2cncc(Br)c2)CCCC1. The first-order valence-electron chi connectivity index (χ1n) is 7.14. The number of halogens is 2. The standard InChI is InChI=1S/C16H15Br2N3O/c17-12-3-4-14(20-10-12)21-15(22)16(5-1-2-6-16)11-7-13(18)9-19-8-11/h3-4,7-10H,1-2,5-6H2,(H,20,21,22). The molecule has 4 nitrogen and oxygen atoms in total. The van der Waals surface area contributed by atoms with E-state index in [1.54, 1.807) is 24.7 Å². The van der Waals surface area contributed by atoms with Crippen LogP contribution in [0.1, 0.15) is 31.2 Å². The van der Waals surface area contributed by atoms with Crippen molar-refractivity contribution in [2.45, 2.75) is 31.1 Å². The molecule has 1 N–H and O–H groups in total. The number of carbonyl (C=O) groups is 1. The second-order valence-electron chi connectivity index (χ2n) is 5.50. The van der Waals surface area contributed by atoms with E-state index in [1.165, 1.54) is 0 Å². The fourth-order valence-corrected chi connectivity index (χ4v) is 3.58. The third-order valence-corrected chi connectivity index (χ3v) is 5.02. The van der Waals surface area contributed by atoms with Crippen molar-refractivity contribution >= 4 is 43.6 Å². The minimum absolute atomic E-state index is 0.000257. The summed E-state index contributed by atoms with van der Waals surface area (Å²) < 4.78 is 1.78. The van der Waals surface area contributed by atoms with Crippen molar-refractivity contribution in [3.05, 3.63) is 51.3 Å². The Balaban J connectivity index is 1.90. The van der Waals surface area contributed by atoms with Gasteiger partial charge in [0.1, 0.15) is 5.82 Å². The van der Waals surface area contributed by atoms with Crippen LogP contribution in [0, 0.1) is 0 Å². The zero-order chi connectivity index (χ0) is 15.6. The van der Waals surface area contributed by atoms with Crippen LogP contribution in [-0.2, 0) is 10.2 Å². The van der Waals surface area contributed by atoms with Crippen molar-refractivity contribution in [2.24, 2.45) is 0 Å². The molecule has 0 aliphatic heterocycles. The number of hydrogen-bond donors (Lipinski definition) is 1. The van der Waals surface area contributed by atoms with Gasteiger partial charge in [0.15, 0.2) is 0 Å². The minimum atomic E-state index is -0.508. The summed E-state index contributed by atoms with van der Waals surface area (Å²) in [5.41, 5.74) is 0.458. The van der Waals surface area contributed by atoms with Crippen LogP contribution < -0.4 is 5.32 Å². The molecule has 1 aliphatic rings. The summed E-state index contributed by atoms with van der Waals surface area (Å²) in [5, 5.41) is 2.96. The van der Waals surface area contributed by atoms with Crippen LogP contribution >= 0.6 is 31.9 Å². The first-order chi connectivity index (χ1) is 10.6. The third-order valence-electron chi connectivity index (χ3n) is 4.12. The van der Waals surface area contributed by atoms with Crippen LogP contribution in [0.4, 0.5) is 5.82 Å². The lowest BCUT2D eigenvalue weighted by Crippen LogP contribution is -2.38. The molecule has 0 bridgehead atoms. The molecule has 1 amide bonds. The summed E-state index contributed by atoms with van der Waals surface area (Å²) in [4.78, 5) is 21.4. The average Bonchev–Trinajstić information content (AvgIpc) is 3.00. The highest BCUT2D eigenvalue weighted by Gasteiger charge is 2.43. The lowest BCUT2D eigenvalue weighted by atomic mass is 9.78. The topological polar surface area (TPSA) is 54.9 Å². The number of carbonyl (C=O) groups excluding carboxylic acids is 1. The van der Waals surface area contributed by atoms with E-state index in [9.17, 15) is 4.79 Å². The van der Waals surface area contributed by atoms with Gasteiger partial charge < -0.3 is 5.32 Å². The smallest absolute Gasteiger partial charge is 0.236 e. The molecule has 1 aliphatic carbocycles. The first kappa shape index (κ1) is 15.6. The van der Waals surface area contributed by atoms with Gasteiger partial charge in [-0.25, -0.2) is 4.98 Å². The van der Waals surface area contributed by atoms with Gasteiger partial charge in [0.05, 0.1) is 5.41 Å². The Bertz CT molecular complexity index is 682. The molecule has 2 aromatic rings. The summed E-state index contributed by atoms with van der Waals surface area (Å²) in [6.07, 6.45) is 8.99. The molecule has 1 fully saturated rings. The van der Waals surface area contributed by atoms with E-state index in [2.05, 4.69) is 47.1 Å². The van der Waals surface area contributed by atoms with Crippen molar-refractivity contribution in [1.82, 2.24) is 9.97 Å². The minimum Gasteiger partial charge on any atom is -0.310 e. The summed E-state index contributed by atoms with van der Waals surface area (Å²) >= 11 is 6.79. The molecule has 114 valence electrons. The third kappa shape index (κ3) is 3.08. The molecule has 22 heavy (non-hydrogen) atoms. The van der Waals surface area contributed by atoms with Gasteiger partial charge >= 0.3 is 0 Å². The van der Waals surface area contributed by atoms with E-state index < -0.39 is 5.41 Å². The van der Waals surface area contributed by atoms with Gasteiger partial charge in [0.25, 0.3) is 0 Å². The number of nitrogens with zero attached hydrogens (tertiary/aromatic N) is 2. The lowest BCUT2D eigenvalue weighted by molar-refractivity contribution is -0.121. The molecule has 3 rings (SSSR count). The molecule has 6 heteroatoms. The van der Waals surface area contributed by atoms with Crippen molar-refractivity contribution in [3.8, 4) is 0 Å². The Morgan fingerprint density at radius 1 is 1.09 bits per heavy atom. The zero-order valence-corrected chi connectivity index (χ0v) is 15.0. The van der Waals surface area contributed by atoms with Crippen LogP contribution in [0.15, 0.2) is 45.7 Å². The summed E-state index contributed by atoms with van der Waals surface area (Å²) in [5.74, 6) is 0.571. The summed E-state index contributed by atoms with van der Waals surface area (Å²) in [6.45, 7) is 0. The fraction of sp³-hybridized carbons (Fsp3) is 0.312. The zero-order valence-electron chi connectivity index (χ0n) is 11.9. The molecule has 1 saturated carbocycles. The quantitative estimate of drug-likeness (QED) is 0.791. The van der Waals surface area contributed by atoms with Crippen molar-refractivity contribution in [1.29, 1.82) is 0 Å². The number of pyridine rings is 2. The lowest BCUT2D eigenvalue weighted by Gasteiger charge is -2.27. The van der Waals surface area contributed by atoms with Crippen LogP contribution in [0.3, 0.4) is 0 Å². The van der Waals surface area contributed by atoms with E-state index in [4.69, 9.17) is 0 Å². The molecule has 0 spiro atoms. The Hall–Kier alpha value is -1.27. The molecule has 2 heterocycles. The van der Waals surface area contributed by atoms with E-state index in [1.807, 2.05) is 12.1 Å². The Kier molecular flexibility index (Phi) is 4.59. The highest BCUT2D eigenvalue weighted by Crippen LogP contribution is 2.42. The van der Waals surface area contributed by atoms with Gasteiger partial charge in [0.2, 0.25) is 5.91 Å². The van der Waals surface area contributed by atoms with Gasteiger partial charge in [-0.05, 0) is 68.5 Å². The predicted molar refractivity (Wildman–Crippen MR) is 92.6 cm³/mol. The average molecular weight is 425 g/mol. The summed E-state index contributed by atoms with van der Waals surface area (Å²) in [7, 11) is 0. The van der Waals surface area contributed by atoms with Crippen molar-refractivity contribution < 1.29 is 4.79 Å². The fourth-order valence-electron chi connectivity index (χ4n) is 2.98.